The molecule has 17 atom stereocenters. The third-order valence-electron chi connectivity index (χ3n) is 12.0. The van der Waals surface area contributed by atoms with E-state index in [1.54, 1.807) is 6.08 Å². The quantitative estimate of drug-likeness (QED) is 0.107. The van der Waals surface area contributed by atoms with E-state index in [0.717, 1.165) is 19.4 Å². The third-order valence-corrected chi connectivity index (χ3v) is 12.0. The minimum absolute atomic E-state index is 0.131. The molecule has 5 aliphatic heterocycles. The highest BCUT2D eigenvalue weighted by atomic mass is 16.8. The van der Waals surface area contributed by atoms with Gasteiger partial charge in [0.1, 0.15) is 30.5 Å². The first kappa shape index (κ1) is 42.6. The van der Waals surface area contributed by atoms with Crippen LogP contribution in [0.15, 0.2) is 36.4 Å². The average molecular weight is 821 g/mol. The number of hydrogen-bond donors (Lipinski definition) is 4. The lowest BCUT2D eigenvalue weighted by molar-refractivity contribution is -0.360. The second-order valence-corrected chi connectivity index (χ2v) is 16.0. The van der Waals surface area contributed by atoms with Gasteiger partial charge < -0.3 is 67.8 Å². The van der Waals surface area contributed by atoms with Crippen molar-refractivity contribution in [3.63, 3.8) is 0 Å². The van der Waals surface area contributed by atoms with Crippen LogP contribution in [-0.4, -0.2) is 149 Å². The fourth-order valence-electron chi connectivity index (χ4n) is 8.91. The summed E-state index contributed by atoms with van der Waals surface area (Å²) < 4.78 is 59.1. The van der Waals surface area contributed by atoms with Crippen LogP contribution in [0.5, 0.6) is 0 Å². The zero-order valence-electron chi connectivity index (χ0n) is 32.7. The van der Waals surface area contributed by atoms with Gasteiger partial charge in [0.25, 0.3) is 0 Å². The van der Waals surface area contributed by atoms with Crippen molar-refractivity contribution in [3.05, 3.63) is 42.0 Å². The molecule has 0 aromatic heterocycles. The van der Waals surface area contributed by atoms with Gasteiger partial charge in [-0.1, -0.05) is 37.3 Å². The Morgan fingerprint density at radius 3 is 2.22 bits per heavy atom. The van der Waals surface area contributed by atoms with E-state index in [1.807, 2.05) is 37.3 Å². The molecule has 0 bridgehead atoms. The van der Waals surface area contributed by atoms with Crippen LogP contribution in [0.3, 0.4) is 0 Å². The second-order valence-electron chi connectivity index (χ2n) is 16.0. The van der Waals surface area contributed by atoms with Gasteiger partial charge in [-0.25, -0.2) is 4.79 Å². The maximum atomic E-state index is 14.0. The van der Waals surface area contributed by atoms with Crippen LogP contribution in [0.25, 0.3) is 6.08 Å². The van der Waals surface area contributed by atoms with E-state index in [2.05, 4.69) is 0 Å². The number of hydrogen-bond acceptors (Lipinski definition) is 18. The minimum Gasteiger partial charge on any atom is -0.459 e. The Morgan fingerprint density at radius 1 is 0.845 bits per heavy atom. The lowest BCUT2D eigenvalue weighted by Crippen LogP contribution is -2.65. The summed E-state index contributed by atoms with van der Waals surface area (Å²) in [4.78, 5) is 50.9. The predicted octanol–water partition coefficient (Wildman–Crippen LogP) is 0.285. The van der Waals surface area contributed by atoms with E-state index in [1.165, 1.54) is 13.0 Å². The Hall–Kier alpha value is -3.56. The zero-order valence-corrected chi connectivity index (χ0v) is 32.7. The largest absolute Gasteiger partial charge is 0.459 e. The van der Waals surface area contributed by atoms with Gasteiger partial charge in [-0.15, -0.1) is 0 Å². The number of aliphatic hydroxyl groups is 4. The number of epoxide rings is 1. The smallest absolute Gasteiger partial charge is 0.331 e. The van der Waals surface area contributed by atoms with Gasteiger partial charge in [-0.05, 0) is 37.8 Å². The third kappa shape index (κ3) is 8.41. The van der Waals surface area contributed by atoms with Crippen molar-refractivity contribution in [1.29, 1.82) is 0 Å². The Bertz CT molecular complexity index is 1680. The minimum atomic E-state index is -1.78. The van der Waals surface area contributed by atoms with Crippen LogP contribution in [0.1, 0.15) is 58.9 Å². The summed E-state index contributed by atoms with van der Waals surface area (Å²) in [5.74, 6) is -5.13. The van der Waals surface area contributed by atoms with Crippen LogP contribution >= 0.6 is 0 Å². The van der Waals surface area contributed by atoms with Crippen molar-refractivity contribution in [2.24, 2.45) is 17.8 Å². The first-order chi connectivity index (χ1) is 27.6. The Labute approximate surface area is 334 Å². The molecule has 1 aromatic carbocycles. The van der Waals surface area contributed by atoms with Crippen molar-refractivity contribution in [2.75, 3.05) is 19.8 Å². The fraction of sp³-hybridized carbons (Fsp3) is 0.700. The molecule has 320 valence electrons. The number of carbonyl (C=O) groups is 4. The molecule has 5 saturated heterocycles. The lowest BCUT2D eigenvalue weighted by Gasteiger charge is -2.46. The van der Waals surface area contributed by atoms with E-state index in [4.69, 9.17) is 47.4 Å². The molecule has 58 heavy (non-hydrogen) atoms. The number of aliphatic hydroxyl groups excluding tert-OH is 4. The first-order valence-electron chi connectivity index (χ1n) is 19.7. The summed E-state index contributed by atoms with van der Waals surface area (Å²) in [6.07, 6.45) is -12.2. The molecule has 5 heterocycles. The fourth-order valence-corrected chi connectivity index (χ4v) is 8.91. The molecule has 1 aliphatic carbocycles. The Kier molecular flexibility index (Phi) is 12.6. The van der Waals surface area contributed by atoms with Gasteiger partial charge in [-0.3, -0.25) is 14.4 Å². The van der Waals surface area contributed by atoms with Gasteiger partial charge in [0.15, 0.2) is 30.2 Å². The number of ether oxygens (including phenoxy) is 10. The van der Waals surface area contributed by atoms with Crippen molar-refractivity contribution < 1.29 is 87.0 Å². The summed E-state index contributed by atoms with van der Waals surface area (Å²) >= 11 is 0. The van der Waals surface area contributed by atoms with Crippen molar-refractivity contribution in [2.45, 2.75) is 138 Å². The molecule has 18 heteroatoms. The summed E-state index contributed by atoms with van der Waals surface area (Å²) in [5, 5.41) is 42.8. The molecule has 4 N–H and O–H groups in total. The highest BCUT2D eigenvalue weighted by molar-refractivity contribution is 5.87. The van der Waals surface area contributed by atoms with Gasteiger partial charge in [0.05, 0.1) is 37.9 Å². The van der Waals surface area contributed by atoms with E-state index in [-0.39, 0.29) is 31.3 Å². The summed E-state index contributed by atoms with van der Waals surface area (Å²) in [5.41, 5.74) is 0.0624. The molecule has 7 rings (SSSR count). The molecule has 0 unspecified atom stereocenters. The molecule has 0 amide bonds. The van der Waals surface area contributed by atoms with E-state index >= 15 is 0 Å². The molecule has 1 aromatic rings. The van der Waals surface area contributed by atoms with E-state index < -0.39 is 121 Å². The summed E-state index contributed by atoms with van der Waals surface area (Å²) in [6.45, 7) is 5.39. The molecule has 1 saturated carbocycles. The zero-order chi connectivity index (χ0) is 41.5. The number of esters is 4. The summed E-state index contributed by atoms with van der Waals surface area (Å²) in [6, 6.07) is 9.38. The SMILES string of the molecule is CC(=O)O[C@@H]1[C@@H](O)[C@H](O[C@H]2[C@H](OC(=O)[C@@H]3CC[C@@H]4[C@H](C3)O[C@@]3(C[C@@H](OC(=O)/C=C/c5ccccc5)[C@@H](C)CO3)[C@@]43CO3)O[C@H](CO)[C@@H](O)[C@@H]2OC(C)=O)O[C@H](C)[C@H]1O. The highest BCUT2D eigenvalue weighted by Crippen LogP contribution is 2.62. The van der Waals surface area contributed by atoms with Crippen LogP contribution in [0.2, 0.25) is 0 Å². The van der Waals surface area contributed by atoms with Crippen molar-refractivity contribution in [3.8, 4) is 0 Å². The molecular formula is C40H52O18. The molecule has 6 fully saturated rings. The van der Waals surface area contributed by atoms with Gasteiger partial charge >= 0.3 is 23.9 Å². The topological polar surface area (TPSA) is 245 Å². The summed E-state index contributed by atoms with van der Waals surface area (Å²) in [7, 11) is 0. The number of rotatable bonds is 10. The van der Waals surface area contributed by atoms with Gasteiger partial charge in [0.2, 0.25) is 12.1 Å². The van der Waals surface area contributed by atoms with Crippen LogP contribution < -0.4 is 0 Å². The van der Waals surface area contributed by atoms with E-state index in [0.29, 0.717) is 19.4 Å². The molecular weight excluding hydrogens is 768 g/mol. The highest BCUT2D eigenvalue weighted by Gasteiger charge is 2.76. The maximum absolute atomic E-state index is 14.0. The number of benzene rings is 1. The molecule has 2 spiro atoms. The Morgan fingerprint density at radius 2 is 1.55 bits per heavy atom. The van der Waals surface area contributed by atoms with Crippen LogP contribution in [0.4, 0.5) is 0 Å². The normalized spacial score (nSPS) is 43.4. The van der Waals surface area contributed by atoms with Gasteiger partial charge in [-0.2, -0.15) is 0 Å². The molecule has 18 nitrogen and oxygen atoms in total. The monoisotopic (exact) mass is 820 g/mol. The first-order valence-corrected chi connectivity index (χ1v) is 19.7. The lowest BCUT2D eigenvalue weighted by atomic mass is 9.72. The van der Waals surface area contributed by atoms with Crippen molar-refractivity contribution >= 4 is 30.0 Å². The van der Waals surface area contributed by atoms with Crippen LogP contribution in [0, 0.1) is 17.8 Å². The standard InChI is InChI=1S/C40H52O18/c1-19-17-49-40(15-27(19)54-29(44)13-10-23-8-6-5-7-9-23)39(18-50-39)25-12-11-24(14-26(25)58-40)36(48)57-38-35(34(53-22(4)43)31(46)28(16-41)55-38)56-37-32(47)33(52-21(3)42)30(45)20(2)51-37/h5-10,13,19-20,24-28,30-35,37-38,41,45-47H,11-12,14-18H2,1-4H3/b13-10+/t19-,20+,24+,25+,26-,27+,28+,30+,31+,32+,33-,34-,35+,37-,38-,39+,40-/m0/s1. The molecule has 6 aliphatic rings. The maximum Gasteiger partial charge on any atom is 0.331 e. The number of carbonyl (C=O) groups excluding carboxylic acids is 4. The Balaban J connectivity index is 1.05. The van der Waals surface area contributed by atoms with Crippen LogP contribution in [-0.2, 0) is 66.5 Å². The predicted molar refractivity (Wildman–Crippen MR) is 192 cm³/mol. The number of fused-ring (bicyclic) bond motifs is 3. The molecule has 0 radical (unpaired) electrons. The van der Waals surface area contributed by atoms with Gasteiger partial charge in [0, 0.05) is 38.2 Å². The second kappa shape index (κ2) is 17.2. The van der Waals surface area contributed by atoms with E-state index in [9.17, 15) is 39.6 Å². The average Bonchev–Trinajstić information content (AvgIpc) is 3.96. The van der Waals surface area contributed by atoms with Crippen molar-refractivity contribution in [1.82, 2.24) is 0 Å².